The van der Waals surface area contributed by atoms with Crippen molar-refractivity contribution in [2.24, 2.45) is 5.41 Å². The van der Waals surface area contributed by atoms with Gasteiger partial charge in [-0.3, -0.25) is 0 Å². The molecular formula is C9H12O2S2. The first-order valence-corrected chi connectivity index (χ1v) is 6.06. The standard InChI is InChI=1S/C9H12O2S2/c10-4-9(5-11-6-9)7-13-8-2-1-3-12-8/h1-3,10H,4-7H2. The van der Waals surface area contributed by atoms with Crippen LogP contribution < -0.4 is 0 Å². The molecule has 0 saturated carbocycles. The van der Waals surface area contributed by atoms with Gasteiger partial charge in [0, 0.05) is 11.2 Å². The van der Waals surface area contributed by atoms with Crippen LogP contribution in [-0.2, 0) is 4.74 Å². The van der Waals surface area contributed by atoms with E-state index in [-0.39, 0.29) is 12.0 Å². The number of hydrogen-bond acceptors (Lipinski definition) is 4. The molecule has 2 heterocycles. The van der Waals surface area contributed by atoms with Crippen LogP contribution in [-0.4, -0.2) is 30.7 Å². The second-order valence-corrected chi connectivity index (χ2v) is 5.59. The number of rotatable bonds is 4. The summed E-state index contributed by atoms with van der Waals surface area (Å²) >= 11 is 3.56. The molecule has 0 radical (unpaired) electrons. The van der Waals surface area contributed by atoms with E-state index in [2.05, 4.69) is 17.5 Å². The van der Waals surface area contributed by atoms with Gasteiger partial charge in [-0.15, -0.1) is 23.1 Å². The lowest BCUT2D eigenvalue weighted by Gasteiger charge is -2.39. The molecule has 0 aliphatic carbocycles. The zero-order valence-electron chi connectivity index (χ0n) is 7.23. The minimum atomic E-state index is 0.0364. The number of aliphatic hydroxyl groups is 1. The Morgan fingerprint density at radius 3 is 2.92 bits per heavy atom. The molecular weight excluding hydrogens is 204 g/mol. The lowest BCUT2D eigenvalue weighted by atomic mass is 9.90. The van der Waals surface area contributed by atoms with Gasteiger partial charge in [-0.1, -0.05) is 6.07 Å². The number of hydrogen-bond donors (Lipinski definition) is 1. The predicted octanol–water partition coefficient (Wildman–Crippen LogP) is 1.85. The maximum atomic E-state index is 9.18. The quantitative estimate of drug-likeness (QED) is 0.779. The normalized spacial score (nSPS) is 19.8. The molecule has 1 fully saturated rings. The van der Waals surface area contributed by atoms with E-state index in [0.717, 1.165) is 5.75 Å². The van der Waals surface area contributed by atoms with Crippen LogP contribution in [0, 0.1) is 5.41 Å². The van der Waals surface area contributed by atoms with Crippen molar-refractivity contribution in [1.29, 1.82) is 0 Å². The second kappa shape index (κ2) is 4.00. The van der Waals surface area contributed by atoms with Crippen molar-refractivity contribution in [3.8, 4) is 0 Å². The Bertz CT molecular complexity index is 249. The van der Waals surface area contributed by atoms with E-state index in [1.807, 2.05) is 11.8 Å². The van der Waals surface area contributed by atoms with Crippen LogP contribution in [0.25, 0.3) is 0 Å². The molecule has 1 aromatic heterocycles. The van der Waals surface area contributed by atoms with Crippen molar-refractivity contribution in [1.82, 2.24) is 0 Å². The van der Waals surface area contributed by atoms with Crippen molar-refractivity contribution in [3.63, 3.8) is 0 Å². The molecule has 1 saturated heterocycles. The smallest absolute Gasteiger partial charge is 0.0598 e. The Kier molecular flexibility index (Phi) is 2.93. The first kappa shape index (κ1) is 9.52. The number of aliphatic hydroxyl groups excluding tert-OH is 1. The monoisotopic (exact) mass is 216 g/mol. The van der Waals surface area contributed by atoms with Crippen LogP contribution in [0.5, 0.6) is 0 Å². The maximum Gasteiger partial charge on any atom is 0.0598 e. The van der Waals surface area contributed by atoms with Crippen LogP contribution in [0.1, 0.15) is 0 Å². The Balaban J connectivity index is 1.84. The number of thiophene rings is 1. The molecule has 0 unspecified atom stereocenters. The summed E-state index contributed by atoms with van der Waals surface area (Å²) in [4.78, 5) is 0. The van der Waals surface area contributed by atoms with Gasteiger partial charge >= 0.3 is 0 Å². The van der Waals surface area contributed by atoms with Crippen molar-refractivity contribution >= 4 is 23.1 Å². The lowest BCUT2D eigenvalue weighted by molar-refractivity contribution is -0.121. The fraction of sp³-hybridized carbons (Fsp3) is 0.556. The van der Waals surface area contributed by atoms with E-state index in [9.17, 15) is 5.11 Å². The topological polar surface area (TPSA) is 29.5 Å². The molecule has 13 heavy (non-hydrogen) atoms. The van der Waals surface area contributed by atoms with Crippen molar-refractivity contribution in [2.75, 3.05) is 25.6 Å². The molecule has 1 N–H and O–H groups in total. The van der Waals surface area contributed by atoms with E-state index in [4.69, 9.17) is 4.74 Å². The van der Waals surface area contributed by atoms with E-state index < -0.39 is 0 Å². The molecule has 1 aliphatic heterocycles. The zero-order valence-corrected chi connectivity index (χ0v) is 8.87. The second-order valence-electron chi connectivity index (χ2n) is 3.37. The van der Waals surface area contributed by atoms with E-state index >= 15 is 0 Å². The maximum absolute atomic E-state index is 9.18. The summed E-state index contributed by atoms with van der Waals surface area (Å²) in [6.45, 7) is 1.66. The molecule has 72 valence electrons. The Morgan fingerprint density at radius 1 is 1.62 bits per heavy atom. The highest BCUT2D eigenvalue weighted by Crippen LogP contribution is 2.35. The molecule has 2 nitrogen and oxygen atoms in total. The highest BCUT2D eigenvalue weighted by Gasteiger charge is 2.37. The van der Waals surface area contributed by atoms with Gasteiger partial charge in [0.2, 0.25) is 0 Å². The Morgan fingerprint density at radius 2 is 2.46 bits per heavy atom. The third-order valence-electron chi connectivity index (χ3n) is 2.17. The van der Waals surface area contributed by atoms with Gasteiger partial charge in [0.05, 0.1) is 24.0 Å². The van der Waals surface area contributed by atoms with E-state index in [0.29, 0.717) is 13.2 Å². The van der Waals surface area contributed by atoms with Gasteiger partial charge in [0.25, 0.3) is 0 Å². The Hall–Kier alpha value is -0.0300. The fourth-order valence-electron chi connectivity index (χ4n) is 1.18. The third-order valence-corrected chi connectivity index (χ3v) is 4.65. The average Bonchev–Trinajstić information content (AvgIpc) is 2.56. The zero-order chi connectivity index (χ0) is 9.15. The van der Waals surface area contributed by atoms with Gasteiger partial charge in [0.1, 0.15) is 0 Å². The predicted molar refractivity (Wildman–Crippen MR) is 55.4 cm³/mol. The van der Waals surface area contributed by atoms with Gasteiger partial charge in [-0.25, -0.2) is 0 Å². The summed E-state index contributed by atoms with van der Waals surface area (Å²) in [6, 6.07) is 4.16. The molecule has 1 aromatic rings. The van der Waals surface area contributed by atoms with Crippen LogP contribution in [0.15, 0.2) is 21.7 Å². The highest BCUT2D eigenvalue weighted by molar-refractivity contribution is 8.01. The molecule has 0 bridgehead atoms. The Labute approximate surface area is 85.9 Å². The summed E-state index contributed by atoms with van der Waals surface area (Å²) < 4.78 is 6.45. The summed E-state index contributed by atoms with van der Waals surface area (Å²) in [5.41, 5.74) is 0.0364. The van der Waals surface area contributed by atoms with Gasteiger partial charge < -0.3 is 9.84 Å². The molecule has 2 rings (SSSR count). The van der Waals surface area contributed by atoms with E-state index in [1.165, 1.54) is 4.21 Å². The third kappa shape index (κ3) is 2.07. The van der Waals surface area contributed by atoms with Crippen LogP contribution in [0.3, 0.4) is 0 Å². The number of thioether (sulfide) groups is 1. The molecule has 0 aromatic carbocycles. The molecule has 0 amide bonds. The molecule has 0 atom stereocenters. The largest absolute Gasteiger partial charge is 0.396 e. The van der Waals surface area contributed by atoms with Crippen molar-refractivity contribution in [2.45, 2.75) is 4.21 Å². The van der Waals surface area contributed by atoms with Crippen LogP contribution >= 0.6 is 23.1 Å². The van der Waals surface area contributed by atoms with Gasteiger partial charge in [-0.2, -0.15) is 0 Å². The molecule has 1 aliphatic rings. The summed E-state index contributed by atoms with van der Waals surface area (Å²) in [5, 5.41) is 11.2. The fourth-order valence-corrected chi connectivity index (χ4v) is 3.13. The molecule has 4 heteroatoms. The van der Waals surface area contributed by atoms with Crippen molar-refractivity contribution < 1.29 is 9.84 Å². The summed E-state index contributed by atoms with van der Waals surface area (Å²) in [5.74, 6) is 0.962. The number of ether oxygens (including phenoxy) is 1. The first-order valence-electron chi connectivity index (χ1n) is 4.20. The summed E-state index contributed by atoms with van der Waals surface area (Å²) in [6.07, 6.45) is 0. The van der Waals surface area contributed by atoms with Crippen molar-refractivity contribution in [3.05, 3.63) is 17.5 Å². The van der Waals surface area contributed by atoms with Gasteiger partial charge in [-0.05, 0) is 11.4 Å². The van der Waals surface area contributed by atoms with Gasteiger partial charge in [0.15, 0.2) is 0 Å². The van der Waals surface area contributed by atoms with E-state index in [1.54, 1.807) is 11.3 Å². The minimum Gasteiger partial charge on any atom is -0.396 e. The highest BCUT2D eigenvalue weighted by atomic mass is 32.2. The van der Waals surface area contributed by atoms with Crippen LogP contribution in [0.4, 0.5) is 0 Å². The summed E-state index contributed by atoms with van der Waals surface area (Å²) in [7, 11) is 0. The minimum absolute atomic E-state index is 0.0364. The first-order chi connectivity index (χ1) is 6.35. The lowest BCUT2D eigenvalue weighted by Crippen LogP contribution is -2.47. The van der Waals surface area contributed by atoms with Crippen LogP contribution in [0.2, 0.25) is 0 Å². The SMILES string of the molecule is OCC1(CSc2cccs2)COC1. The average molecular weight is 216 g/mol. The molecule has 0 spiro atoms.